The largest absolute Gasteiger partial charge is 0.456 e. The molecule has 0 bridgehead atoms. The number of nitrogens with one attached hydrogen (secondary N) is 1. The summed E-state index contributed by atoms with van der Waals surface area (Å²) in [5.74, 6) is -0.0301. The van der Waals surface area contributed by atoms with Crippen molar-refractivity contribution < 1.29 is 17.9 Å². The summed E-state index contributed by atoms with van der Waals surface area (Å²) in [6.45, 7) is 3.11. The molecule has 1 aliphatic carbocycles. The summed E-state index contributed by atoms with van der Waals surface area (Å²) in [6.07, 6.45) is 4.30. The highest BCUT2D eigenvalue weighted by molar-refractivity contribution is 7.89. The van der Waals surface area contributed by atoms with Gasteiger partial charge >= 0.3 is 5.97 Å². The van der Waals surface area contributed by atoms with Crippen LogP contribution in [0.15, 0.2) is 29.2 Å². The van der Waals surface area contributed by atoms with Crippen LogP contribution in [0.3, 0.4) is 0 Å². The van der Waals surface area contributed by atoms with Crippen molar-refractivity contribution in [3.8, 4) is 0 Å². The van der Waals surface area contributed by atoms with Gasteiger partial charge in [0.25, 0.3) is 0 Å². The Bertz CT molecular complexity index is 1240. The molecule has 0 unspecified atom stereocenters. The Hall–Kier alpha value is -2.56. The van der Waals surface area contributed by atoms with E-state index in [4.69, 9.17) is 10.5 Å². The Labute approximate surface area is 184 Å². The summed E-state index contributed by atoms with van der Waals surface area (Å²) >= 11 is 1.61. The maximum absolute atomic E-state index is 12.5. The van der Waals surface area contributed by atoms with Gasteiger partial charge in [-0.05, 0) is 57.2 Å². The molecule has 2 aromatic heterocycles. The van der Waals surface area contributed by atoms with Crippen LogP contribution in [0.1, 0.15) is 41.6 Å². The Morgan fingerprint density at radius 3 is 2.68 bits per heavy atom. The number of aryl methyl sites for hydroxylation is 3. The van der Waals surface area contributed by atoms with E-state index in [1.165, 1.54) is 29.5 Å². The molecule has 0 spiro atoms. The number of sulfonamides is 1. The fraction of sp³-hybridized carbons (Fsp3) is 0.381. The van der Waals surface area contributed by atoms with Crippen LogP contribution in [0.25, 0.3) is 10.2 Å². The van der Waals surface area contributed by atoms with Crippen molar-refractivity contribution in [2.24, 2.45) is 0 Å². The number of nitrogens with two attached hydrogens (primary N) is 1. The third-order valence-electron chi connectivity index (χ3n) is 5.25. The van der Waals surface area contributed by atoms with Crippen molar-refractivity contribution in [1.29, 1.82) is 0 Å². The molecule has 0 fully saturated rings. The van der Waals surface area contributed by atoms with Gasteiger partial charge in [0.2, 0.25) is 10.0 Å². The van der Waals surface area contributed by atoms with Crippen molar-refractivity contribution >= 4 is 43.4 Å². The minimum atomic E-state index is -3.84. The number of esters is 1. The predicted molar refractivity (Wildman–Crippen MR) is 119 cm³/mol. The molecule has 0 radical (unpaired) electrons. The van der Waals surface area contributed by atoms with E-state index in [0.717, 1.165) is 41.5 Å². The fourth-order valence-corrected chi connectivity index (χ4v) is 6.10. The van der Waals surface area contributed by atoms with E-state index in [0.29, 0.717) is 11.6 Å². The monoisotopic (exact) mass is 460 g/mol. The first-order valence-corrected chi connectivity index (χ1v) is 12.4. The number of hydrogen-bond acceptors (Lipinski definition) is 8. The van der Waals surface area contributed by atoms with Gasteiger partial charge in [-0.15, -0.1) is 11.3 Å². The molecule has 4 rings (SSSR count). The maximum atomic E-state index is 12.5. The normalized spacial score (nSPS) is 14.9. The first-order chi connectivity index (χ1) is 14.7. The number of aromatic nitrogens is 2. The zero-order chi connectivity index (χ0) is 22.2. The van der Waals surface area contributed by atoms with Gasteiger partial charge < -0.3 is 10.5 Å². The van der Waals surface area contributed by atoms with Gasteiger partial charge in [-0.2, -0.15) is 4.72 Å². The van der Waals surface area contributed by atoms with E-state index < -0.39 is 22.0 Å². The third-order valence-corrected chi connectivity index (χ3v) is 7.99. The van der Waals surface area contributed by atoms with Gasteiger partial charge in [-0.1, -0.05) is 17.7 Å². The average molecular weight is 461 g/mol. The Kier molecular flexibility index (Phi) is 5.96. The van der Waals surface area contributed by atoms with Crippen LogP contribution in [-0.4, -0.2) is 30.4 Å². The maximum Gasteiger partial charge on any atom is 0.324 e. The first kappa shape index (κ1) is 21.7. The molecular weight excluding hydrogens is 436 g/mol. The lowest BCUT2D eigenvalue weighted by Gasteiger charge is -2.14. The van der Waals surface area contributed by atoms with Gasteiger partial charge in [0.05, 0.1) is 10.3 Å². The van der Waals surface area contributed by atoms with Crippen molar-refractivity contribution in [2.75, 3.05) is 5.73 Å². The zero-order valence-electron chi connectivity index (χ0n) is 17.3. The number of ether oxygens (including phenoxy) is 1. The summed E-state index contributed by atoms with van der Waals surface area (Å²) in [7, 11) is -3.84. The quantitative estimate of drug-likeness (QED) is 0.542. The third kappa shape index (κ3) is 4.56. The van der Waals surface area contributed by atoms with E-state index in [1.807, 2.05) is 6.92 Å². The summed E-state index contributed by atoms with van der Waals surface area (Å²) in [5.41, 5.74) is 8.35. The second-order valence-corrected chi connectivity index (χ2v) is 10.5. The molecule has 3 N–H and O–H groups in total. The lowest BCUT2D eigenvalue weighted by Crippen LogP contribution is -2.39. The number of hydrogen-bond donors (Lipinski definition) is 2. The van der Waals surface area contributed by atoms with E-state index in [2.05, 4.69) is 14.7 Å². The number of nitrogen functional groups attached to an aromatic ring is 1. The predicted octanol–water partition coefficient (Wildman–Crippen LogP) is 2.87. The number of nitrogens with zero attached hydrogens (tertiary/aromatic N) is 2. The minimum absolute atomic E-state index is 0.0842. The fourth-order valence-electron chi connectivity index (χ4n) is 3.62. The van der Waals surface area contributed by atoms with Crippen LogP contribution in [0.2, 0.25) is 0 Å². The van der Waals surface area contributed by atoms with Crippen molar-refractivity contribution in [3.05, 3.63) is 46.1 Å². The lowest BCUT2D eigenvalue weighted by atomic mass is 9.97. The molecule has 0 saturated heterocycles. The van der Waals surface area contributed by atoms with Crippen LogP contribution >= 0.6 is 11.3 Å². The van der Waals surface area contributed by atoms with E-state index in [-0.39, 0.29) is 11.5 Å². The van der Waals surface area contributed by atoms with Gasteiger partial charge in [-0.3, -0.25) is 4.79 Å². The molecular formula is C21H24N4O4S2. The molecule has 2 heterocycles. The minimum Gasteiger partial charge on any atom is -0.456 e. The van der Waals surface area contributed by atoms with Crippen LogP contribution in [-0.2, 0) is 39.0 Å². The lowest BCUT2D eigenvalue weighted by molar-refractivity contribution is -0.146. The van der Waals surface area contributed by atoms with Crippen molar-refractivity contribution in [1.82, 2.24) is 14.7 Å². The number of rotatable bonds is 6. The average Bonchev–Trinajstić information content (AvgIpc) is 3.10. The van der Waals surface area contributed by atoms with Crippen LogP contribution in [0.5, 0.6) is 0 Å². The van der Waals surface area contributed by atoms with E-state index in [9.17, 15) is 13.2 Å². The van der Waals surface area contributed by atoms with Gasteiger partial charge in [0.1, 0.15) is 16.7 Å². The summed E-state index contributed by atoms with van der Waals surface area (Å²) in [6, 6.07) is 5.29. The molecule has 0 saturated carbocycles. The smallest absolute Gasteiger partial charge is 0.324 e. The number of carbonyl (C=O) groups is 1. The SMILES string of the molecule is Cc1ccc(S(=O)(=O)N[C@@H](C)C(=O)OCc2nc(N)c3c4c(sc3n2)CCCC4)cc1. The Balaban J connectivity index is 1.43. The molecule has 0 aliphatic heterocycles. The van der Waals surface area contributed by atoms with Gasteiger partial charge in [0.15, 0.2) is 12.4 Å². The highest BCUT2D eigenvalue weighted by Gasteiger charge is 2.24. The van der Waals surface area contributed by atoms with E-state index >= 15 is 0 Å². The second-order valence-electron chi connectivity index (χ2n) is 7.68. The summed E-state index contributed by atoms with van der Waals surface area (Å²) in [5, 5.41) is 0.911. The molecule has 31 heavy (non-hydrogen) atoms. The molecule has 10 heteroatoms. The number of benzene rings is 1. The topological polar surface area (TPSA) is 124 Å². The molecule has 3 aromatic rings. The van der Waals surface area contributed by atoms with Crippen LogP contribution < -0.4 is 10.5 Å². The molecule has 1 aromatic carbocycles. The first-order valence-electron chi connectivity index (χ1n) is 10.1. The molecule has 1 atom stereocenters. The Morgan fingerprint density at radius 1 is 1.23 bits per heavy atom. The van der Waals surface area contributed by atoms with Crippen LogP contribution in [0.4, 0.5) is 5.82 Å². The molecule has 1 aliphatic rings. The highest BCUT2D eigenvalue weighted by Crippen LogP contribution is 2.37. The number of thiophene rings is 1. The van der Waals surface area contributed by atoms with E-state index in [1.54, 1.807) is 23.5 Å². The van der Waals surface area contributed by atoms with Gasteiger partial charge in [0, 0.05) is 4.88 Å². The number of carbonyl (C=O) groups excluding carboxylic acids is 1. The van der Waals surface area contributed by atoms with Crippen molar-refractivity contribution in [3.63, 3.8) is 0 Å². The van der Waals surface area contributed by atoms with Crippen molar-refractivity contribution in [2.45, 2.75) is 57.1 Å². The molecule has 0 amide bonds. The highest BCUT2D eigenvalue weighted by atomic mass is 32.2. The number of anilines is 1. The summed E-state index contributed by atoms with van der Waals surface area (Å²) in [4.78, 5) is 23.4. The Morgan fingerprint density at radius 2 is 1.94 bits per heavy atom. The molecule has 164 valence electrons. The standard InChI is InChI=1S/C21H24N4O4S2/c1-12-7-9-14(10-8-12)31(27,28)25-13(2)21(26)29-11-17-23-19(22)18-15-5-3-4-6-16(15)30-20(18)24-17/h7-10,13,25H,3-6,11H2,1-2H3,(H2,22,23,24)/t13-/m0/s1. The second kappa shape index (κ2) is 8.52. The van der Waals surface area contributed by atoms with Gasteiger partial charge in [-0.25, -0.2) is 18.4 Å². The molecule has 8 nitrogen and oxygen atoms in total. The zero-order valence-corrected chi connectivity index (χ0v) is 19.0. The summed E-state index contributed by atoms with van der Waals surface area (Å²) < 4.78 is 32.5. The van der Waals surface area contributed by atoms with Crippen LogP contribution in [0, 0.1) is 6.92 Å². The number of fused-ring (bicyclic) bond motifs is 3.